The van der Waals surface area contributed by atoms with Gasteiger partial charge in [0.25, 0.3) is 0 Å². The SMILES string of the molecule is CC1(C)C(N2CCNCC2)CCCN1C1CC1. The Bertz CT molecular complexity index is 267. The zero-order chi connectivity index (χ0) is 11.9. The van der Waals surface area contributed by atoms with Gasteiger partial charge in [-0.15, -0.1) is 0 Å². The fraction of sp³-hybridized carbons (Fsp3) is 1.00. The minimum Gasteiger partial charge on any atom is -0.314 e. The molecule has 0 spiro atoms. The van der Waals surface area contributed by atoms with Crippen LogP contribution in [0.3, 0.4) is 0 Å². The van der Waals surface area contributed by atoms with E-state index in [2.05, 4.69) is 29.0 Å². The van der Waals surface area contributed by atoms with E-state index in [0.29, 0.717) is 5.54 Å². The van der Waals surface area contributed by atoms with Gasteiger partial charge in [-0.1, -0.05) is 0 Å². The summed E-state index contributed by atoms with van der Waals surface area (Å²) in [5, 5.41) is 3.47. The van der Waals surface area contributed by atoms with E-state index in [1.807, 2.05) is 0 Å². The number of piperazine rings is 1. The van der Waals surface area contributed by atoms with Gasteiger partial charge >= 0.3 is 0 Å². The largest absolute Gasteiger partial charge is 0.314 e. The van der Waals surface area contributed by atoms with Crippen molar-refractivity contribution in [1.29, 1.82) is 0 Å². The van der Waals surface area contributed by atoms with E-state index in [1.165, 1.54) is 58.4 Å². The highest BCUT2D eigenvalue weighted by molar-refractivity contribution is 5.03. The Morgan fingerprint density at radius 1 is 1.00 bits per heavy atom. The number of nitrogens with zero attached hydrogens (tertiary/aromatic N) is 2. The predicted molar refractivity (Wildman–Crippen MR) is 71.3 cm³/mol. The van der Waals surface area contributed by atoms with Gasteiger partial charge in [-0.25, -0.2) is 0 Å². The predicted octanol–water partition coefficient (Wildman–Crippen LogP) is 1.30. The molecule has 0 aromatic heterocycles. The molecule has 3 nitrogen and oxygen atoms in total. The molecule has 2 aliphatic heterocycles. The zero-order valence-corrected chi connectivity index (χ0v) is 11.4. The maximum absolute atomic E-state index is 3.47. The number of rotatable bonds is 2. The topological polar surface area (TPSA) is 18.5 Å². The molecule has 1 N–H and O–H groups in total. The van der Waals surface area contributed by atoms with Crippen molar-refractivity contribution in [1.82, 2.24) is 15.1 Å². The molecule has 17 heavy (non-hydrogen) atoms. The van der Waals surface area contributed by atoms with E-state index in [0.717, 1.165) is 12.1 Å². The molecule has 0 radical (unpaired) electrons. The van der Waals surface area contributed by atoms with Gasteiger partial charge in [0, 0.05) is 43.8 Å². The van der Waals surface area contributed by atoms with Crippen molar-refractivity contribution in [3.05, 3.63) is 0 Å². The molecule has 3 fully saturated rings. The van der Waals surface area contributed by atoms with Gasteiger partial charge in [0.05, 0.1) is 0 Å². The lowest BCUT2D eigenvalue weighted by molar-refractivity contribution is -0.0252. The minimum atomic E-state index is 0.386. The number of likely N-dealkylation sites (tertiary alicyclic amines) is 1. The highest BCUT2D eigenvalue weighted by Gasteiger charge is 2.46. The second-order valence-electron chi connectivity index (χ2n) is 6.52. The zero-order valence-electron chi connectivity index (χ0n) is 11.4. The van der Waals surface area contributed by atoms with Crippen molar-refractivity contribution in [2.45, 2.75) is 57.2 Å². The number of nitrogens with one attached hydrogen (secondary N) is 1. The normalized spacial score (nSPS) is 36.0. The smallest absolute Gasteiger partial charge is 0.0311 e. The molecule has 1 saturated carbocycles. The Hall–Kier alpha value is -0.120. The van der Waals surface area contributed by atoms with Crippen molar-refractivity contribution in [2.75, 3.05) is 32.7 Å². The summed E-state index contributed by atoms with van der Waals surface area (Å²) in [6.07, 6.45) is 5.68. The standard InChI is InChI=1S/C14H27N3/c1-14(2)13(16-10-7-15-8-11-16)4-3-9-17(14)12-5-6-12/h12-13,15H,3-11H2,1-2H3. The first-order valence-electron chi connectivity index (χ1n) is 7.41. The Morgan fingerprint density at radius 2 is 1.71 bits per heavy atom. The molecular formula is C14H27N3. The van der Waals surface area contributed by atoms with E-state index < -0.39 is 0 Å². The summed E-state index contributed by atoms with van der Waals surface area (Å²) in [7, 11) is 0. The summed E-state index contributed by atoms with van der Waals surface area (Å²) in [6, 6.07) is 1.69. The van der Waals surface area contributed by atoms with E-state index >= 15 is 0 Å². The fourth-order valence-electron chi connectivity index (χ4n) is 3.95. The van der Waals surface area contributed by atoms with Crippen LogP contribution >= 0.6 is 0 Å². The second kappa shape index (κ2) is 4.52. The average Bonchev–Trinajstić information content (AvgIpc) is 3.13. The Balaban J connectivity index is 1.73. The van der Waals surface area contributed by atoms with E-state index in [1.54, 1.807) is 0 Å². The van der Waals surface area contributed by atoms with E-state index in [4.69, 9.17) is 0 Å². The third kappa shape index (κ3) is 2.25. The number of piperidine rings is 1. The summed E-state index contributed by atoms with van der Waals surface area (Å²) in [5.74, 6) is 0. The lowest BCUT2D eigenvalue weighted by Crippen LogP contribution is -2.64. The lowest BCUT2D eigenvalue weighted by Gasteiger charge is -2.53. The van der Waals surface area contributed by atoms with Gasteiger partial charge in [0.1, 0.15) is 0 Å². The molecule has 1 aliphatic carbocycles. The van der Waals surface area contributed by atoms with Crippen LogP contribution in [0.15, 0.2) is 0 Å². The van der Waals surface area contributed by atoms with Gasteiger partial charge in [-0.2, -0.15) is 0 Å². The van der Waals surface area contributed by atoms with Gasteiger partial charge in [-0.05, 0) is 46.1 Å². The maximum Gasteiger partial charge on any atom is 0.0311 e. The molecule has 1 atom stereocenters. The molecule has 1 unspecified atom stereocenters. The molecule has 0 bridgehead atoms. The first-order chi connectivity index (χ1) is 8.19. The summed E-state index contributed by atoms with van der Waals surface area (Å²) in [5.41, 5.74) is 0.386. The summed E-state index contributed by atoms with van der Waals surface area (Å²) in [4.78, 5) is 5.55. The van der Waals surface area contributed by atoms with Crippen LogP contribution in [0.5, 0.6) is 0 Å². The van der Waals surface area contributed by atoms with Crippen LogP contribution in [0.2, 0.25) is 0 Å². The van der Waals surface area contributed by atoms with Crippen LogP contribution in [0.1, 0.15) is 39.5 Å². The Labute approximate surface area is 106 Å². The third-order valence-electron chi connectivity index (χ3n) is 5.01. The van der Waals surface area contributed by atoms with Crippen molar-refractivity contribution >= 4 is 0 Å². The highest BCUT2D eigenvalue weighted by atomic mass is 15.3. The molecule has 2 heterocycles. The molecule has 0 amide bonds. The molecule has 2 saturated heterocycles. The Kier molecular flexibility index (Phi) is 3.18. The van der Waals surface area contributed by atoms with Crippen LogP contribution in [0.25, 0.3) is 0 Å². The second-order valence-corrected chi connectivity index (χ2v) is 6.52. The quantitative estimate of drug-likeness (QED) is 0.781. The van der Waals surface area contributed by atoms with Gasteiger partial charge in [0.2, 0.25) is 0 Å². The summed E-state index contributed by atoms with van der Waals surface area (Å²) < 4.78 is 0. The van der Waals surface area contributed by atoms with Crippen molar-refractivity contribution in [3.8, 4) is 0 Å². The molecule has 0 aromatic rings. The molecule has 3 rings (SSSR count). The molecule has 0 aromatic carbocycles. The van der Waals surface area contributed by atoms with Crippen molar-refractivity contribution in [2.24, 2.45) is 0 Å². The minimum absolute atomic E-state index is 0.386. The molecule has 3 aliphatic rings. The van der Waals surface area contributed by atoms with Crippen molar-refractivity contribution in [3.63, 3.8) is 0 Å². The summed E-state index contributed by atoms with van der Waals surface area (Å²) in [6.45, 7) is 11.1. The van der Waals surface area contributed by atoms with Gasteiger partial charge in [0.15, 0.2) is 0 Å². The number of hydrogen-bond acceptors (Lipinski definition) is 3. The van der Waals surface area contributed by atoms with Crippen LogP contribution in [0, 0.1) is 0 Å². The Morgan fingerprint density at radius 3 is 2.35 bits per heavy atom. The van der Waals surface area contributed by atoms with Crippen LogP contribution in [-0.4, -0.2) is 60.1 Å². The van der Waals surface area contributed by atoms with Crippen LogP contribution in [-0.2, 0) is 0 Å². The fourth-order valence-corrected chi connectivity index (χ4v) is 3.95. The lowest BCUT2D eigenvalue weighted by atomic mass is 9.83. The first-order valence-corrected chi connectivity index (χ1v) is 7.41. The molecule has 98 valence electrons. The van der Waals surface area contributed by atoms with Crippen LogP contribution < -0.4 is 5.32 Å². The monoisotopic (exact) mass is 237 g/mol. The third-order valence-corrected chi connectivity index (χ3v) is 5.01. The van der Waals surface area contributed by atoms with Gasteiger partial charge in [-0.3, -0.25) is 9.80 Å². The van der Waals surface area contributed by atoms with Crippen LogP contribution in [0.4, 0.5) is 0 Å². The first kappa shape index (κ1) is 11.9. The van der Waals surface area contributed by atoms with E-state index in [9.17, 15) is 0 Å². The average molecular weight is 237 g/mol. The summed E-state index contributed by atoms with van der Waals surface area (Å²) >= 11 is 0. The highest BCUT2D eigenvalue weighted by Crippen LogP contribution is 2.39. The molecule has 3 heteroatoms. The van der Waals surface area contributed by atoms with E-state index in [-0.39, 0.29) is 0 Å². The maximum atomic E-state index is 3.47. The van der Waals surface area contributed by atoms with Crippen molar-refractivity contribution < 1.29 is 0 Å². The number of hydrogen-bond donors (Lipinski definition) is 1. The van der Waals surface area contributed by atoms with Gasteiger partial charge < -0.3 is 5.32 Å². The molecular weight excluding hydrogens is 210 g/mol.